The Bertz CT molecular complexity index is 634. The maximum absolute atomic E-state index is 5.61. The molecule has 5 heteroatoms. The quantitative estimate of drug-likeness (QED) is 0.856. The summed E-state index contributed by atoms with van der Waals surface area (Å²) in [6.45, 7) is 4.51. The van der Waals surface area contributed by atoms with Crippen LogP contribution in [0.5, 0.6) is 5.75 Å². The summed E-state index contributed by atoms with van der Waals surface area (Å²) < 4.78 is 11.0. The molecule has 0 unspecified atom stereocenters. The first-order chi connectivity index (χ1) is 10.4. The zero-order valence-electron chi connectivity index (χ0n) is 12.1. The van der Waals surface area contributed by atoms with Gasteiger partial charge in [0.25, 0.3) is 0 Å². The van der Waals surface area contributed by atoms with E-state index >= 15 is 0 Å². The van der Waals surface area contributed by atoms with E-state index in [1.807, 2.05) is 31.2 Å². The zero-order chi connectivity index (χ0) is 14.5. The van der Waals surface area contributed by atoms with Crippen LogP contribution in [0.25, 0.3) is 11.4 Å². The maximum Gasteiger partial charge on any atom is 0.231 e. The monoisotopic (exact) mass is 285 g/mol. The summed E-state index contributed by atoms with van der Waals surface area (Å²) in [7, 11) is 0. The molecule has 2 aromatic rings. The van der Waals surface area contributed by atoms with E-state index in [1.54, 1.807) is 0 Å². The first-order valence-electron chi connectivity index (χ1n) is 7.30. The Morgan fingerprint density at radius 2 is 2.24 bits per heavy atom. The van der Waals surface area contributed by atoms with Crippen LogP contribution in [0.4, 0.5) is 0 Å². The molecule has 0 saturated heterocycles. The number of hydrogen-bond donors (Lipinski definition) is 1. The Labute approximate surface area is 124 Å². The molecule has 2 heterocycles. The van der Waals surface area contributed by atoms with Crippen LogP contribution >= 0.6 is 0 Å². The molecule has 0 saturated carbocycles. The van der Waals surface area contributed by atoms with Crippen molar-refractivity contribution in [1.82, 2.24) is 15.5 Å². The zero-order valence-corrected chi connectivity index (χ0v) is 12.1. The van der Waals surface area contributed by atoms with Crippen molar-refractivity contribution in [2.45, 2.75) is 19.8 Å². The second-order valence-corrected chi connectivity index (χ2v) is 4.93. The standard InChI is InChI=1S/C16H19N3O2/c1-2-20-14-6-4-3-5-13(14)16-18-15(21-19-16)11-12-7-9-17-10-8-12/h3-7,17H,2,8-11H2,1H3. The van der Waals surface area contributed by atoms with Crippen molar-refractivity contribution >= 4 is 0 Å². The first kappa shape index (κ1) is 13.8. The number of para-hydroxylation sites is 1. The van der Waals surface area contributed by atoms with E-state index in [0.717, 1.165) is 37.2 Å². The highest BCUT2D eigenvalue weighted by molar-refractivity contribution is 5.63. The van der Waals surface area contributed by atoms with Gasteiger partial charge < -0.3 is 14.6 Å². The lowest BCUT2D eigenvalue weighted by Crippen LogP contribution is -2.21. The molecule has 0 atom stereocenters. The van der Waals surface area contributed by atoms with E-state index in [9.17, 15) is 0 Å². The molecule has 21 heavy (non-hydrogen) atoms. The van der Waals surface area contributed by atoms with Crippen molar-refractivity contribution in [3.63, 3.8) is 0 Å². The lowest BCUT2D eigenvalue weighted by Gasteiger charge is -2.11. The van der Waals surface area contributed by atoms with E-state index in [2.05, 4.69) is 21.5 Å². The van der Waals surface area contributed by atoms with Crippen molar-refractivity contribution in [2.75, 3.05) is 19.7 Å². The molecule has 0 spiro atoms. The highest BCUT2D eigenvalue weighted by atomic mass is 16.5. The summed E-state index contributed by atoms with van der Waals surface area (Å²) in [6.07, 6.45) is 3.96. The molecular weight excluding hydrogens is 266 g/mol. The fourth-order valence-corrected chi connectivity index (χ4v) is 2.39. The van der Waals surface area contributed by atoms with E-state index in [4.69, 9.17) is 9.26 Å². The van der Waals surface area contributed by atoms with Gasteiger partial charge in [0.1, 0.15) is 5.75 Å². The molecule has 0 radical (unpaired) electrons. The van der Waals surface area contributed by atoms with Gasteiger partial charge in [-0.1, -0.05) is 28.9 Å². The molecule has 1 aromatic carbocycles. The fraction of sp³-hybridized carbons (Fsp3) is 0.375. The predicted octanol–water partition coefficient (Wildman–Crippen LogP) is 2.60. The van der Waals surface area contributed by atoms with Crippen molar-refractivity contribution in [3.8, 4) is 17.1 Å². The number of ether oxygens (including phenoxy) is 1. The Kier molecular flexibility index (Phi) is 4.31. The number of nitrogens with one attached hydrogen (secondary N) is 1. The third-order valence-corrected chi connectivity index (χ3v) is 3.43. The van der Waals surface area contributed by atoms with Crippen LogP contribution in [-0.2, 0) is 6.42 Å². The average Bonchev–Trinajstić information content (AvgIpc) is 2.97. The Balaban J connectivity index is 1.80. The first-order valence-corrected chi connectivity index (χ1v) is 7.30. The maximum atomic E-state index is 5.61. The molecule has 0 fully saturated rings. The summed E-state index contributed by atoms with van der Waals surface area (Å²) in [5.41, 5.74) is 2.22. The van der Waals surface area contributed by atoms with Gasteiger partial charge in [-0.25, -0.2) is 0 Å². The van der Waals surface area contributed by atoms with Crippen LogP contribution in [0.1, 0.15) is 19.2 Å². The van der Waals surface area contributed by atoms with Crippen LogP contribution in [0.2, 0.25) is 0 Å². The van der Waals surface area contributed by atoms with Gasteiger partial charge in [-0.05, 0) is 32.0 Å². The summed E-state index contributed by atoms with van der Waals surface area (Å²) in [5.74, 6) is 2.03. The third-order valence-electron chi connectivity index (χ3n) is 3.43. The number of rotatable bonds is 5. The lowest BCUT2D eigenvalue weighted by atomic mass is 10.1. The molecule has 0 aliphatic carbocycles. The fourth-order valence-electron chi connectivity index (χ4n) is 2.39. The average molecular weight is 285 g/mol. The van der Waals surface area contributed by atoms with Crippen molar-refractivity contribution in [3.05, 3.63) is 41.8 Å². The summed E-state index contributed by atoms with van der Waals surface area (Å²) >= 11 is 0. The van der Waals surface area contributed by atoms with E-state index in [0.29, 0.717) is 18.3 Å². The molecule has 3 rings (SSSR count). The number of hydrogen-bond acceptors (Lipinski definition) is 5. The van der Waals surface area contributed by atoms with Gasteiger partial charge in [0.05, 0.1) is 12.2 Å². The van der Waals surface area contributed by atoms with Gasteiger partial charge in [-0.3, -0.25) is 0 Å². The Morgan fingerprint density at radius 1 is 1.33 bits per heavy atom. The van der Waals surface area contributed by atoms with E-state index in [1.165, 1.54) is 5.57 Å². The highest BCUT2D eigenvalue weighted by Crippen LogP contribution is 2.27. The molecule has 1 aliphatic heterocycles. The van der Waals surface area contributed by atoms with E-state index in [-0.39, 0.29) is 0 Å². The normalized spacial score (nSPS) is 14.8. The Morgan fingerprint density at radius 3 is 3.05 bits per heavy atom. The molecule has 0 bridgehead atoms. The molecule has 110 valence electrons. The second-order valence-electron chi connectivity index (χ2n) is 4.93. The minimum Gasteiger partial charge on any atom is -0.493 e. The van der Waals surface area contributed by atoms with Crippen molar-refractivity contribution < 1.29 is 9.26 Å². The summed E-state index contributed by atoms with van der Waals surface area (Å²) in [5, 5.41) is 7.38. The molecule has 1 aliphatic rings. The minimum atomic E-state index is 0.587. The molecule has 1 aromatic heterocycles. The van der Waals surface area contributed by atoms with Gasteiger partial charge in [-0.2, -0.15) is 4.98 Å². The van der Waals surface area contributed by atoms with Crippen LogP contribution in [0.3, 0.4) is 0 Å². The number of benzene rings is 1. The topological polar surface area (TPSA) is 60.2 Å². The minimum absolute atomic E-state index is 0.587. The van der Waals surface area contributed by atoms with Gasteiger partial charge in [0.15, 0.2) is 0 Å². The third kappa shape index (κ3) is 3.31. The van der Waals surface area contributed by atoms with E-state index < -0.39 is 0 Å². The number of nitrogens with zero attached hydrogens (tertiary/aromatic N) is 2. The van der Waals surface area contributed by atoms with Crippen molar-refractivity contribution in [2.24, 2.45) is 0 Å². The smallest absolute Gasteiger partial charge is 0.231 e. The second kappa shape index (κ2) is 6.54. The van der Waals surface area contributed by atoms with Crippen molar-refractivity contribution in [1.29, 1.82) is 0 Å². The van der Waals surface area contributed by atoms with Crippen LogP contribution in [0, 0.1) is 0 Å². The van der Waals surface area contributed by atoms with Crippen LogP contribution in [0.15, 0.2) is 40.4 Å². The summed E-state index contributed by atoms with van der Waals surface area (Å²) in [4.78, 5) is 4.50. The van der Waals surface area contributed by atoms with Gasteiger partial charge in [0, 0.05) is 13.0 Å². The van der Waals surface area contributed by atoms with Crippen LogP contribution in [-0.4, -0.2) is 29.8 Å². The molecule has 1 N–H and O–H groups in total. The van der Waals surface area contributed by atoms with Gasteiger partial charge in [0.2, 0.25) is 11.7 Å². The largest absolute Gasteiger partial charge is 0.493 e. The van der Waals surface area contributed by atoms with Gasteiger partial charge in [-0.15, -0.1) is 0 Å². The van der Waals surface area contributed by atoms with Gasteiger partial charge >= 0.3 is 0 Å². The molecular formula is C16H19N3O2. The predicted molar refractivity (Wildman–Crippen MR) is 80.2 cm³/mol. The molecule has 5 nitrogen and oxygen atoms in total. The Hall–Kier alpha value is -2.14. The summed E-state index contributed by atoms with van der Waals surface area (Å²) in [6, 6.07) is 7.76. The number of aromatic nitrogens is 2. The SMILES string of the molecule is CCOc1ccccc1-c1noc(CC2=CCNCC2)n1. The van der Waals surface area contributed by atoms with Crippen LogP contribution < -0.4 is 10.1 Å². The highest BCUT2D eigenvalue weighted by Gasteiger charge is 2.14. The molecule has 0 amide bonds. The lowest BCUT2D eigenvalue weighted by molar-refractivity contribution is 0.341.